The quantitative estimate of drug-likeness (QED) is 0.540. The number of hydrogen-bond acceptors (Lipinski definition) is 5. The van der Waals surface area contributed by atoms with Crippen LogP contribution in [-0.2, 0) is 4.74 Å². The molecular formula is C19H15F2NO4S. The second kappa shape index (κ2) is 7.40. The molecular weight excluding hydrogens is 376 g/mol. The van der Waals surface area contributed by atoms with Gasteiger partial charge in [-0.15, -0.1) is 11.8 Å². The Labute approximate surface area is 157 Å². The number of carbonyl (C=O) groups is 1. The maximum atomic E-state index is 13.9. The molecule has 0 aliphatic rings. The molecule has 0 fully saturated rings. The van der Waals surface area contributed by atoms with E-state index in [4.69, 9.17) is 4.74 Å². The first-order valence-electron chi connectivity index (χ1n) is 7.97. The molecule has 1 heterocycles. The van der Waals surface area contributed by atoms with Crippen molar-refractivity contribution in [2.24, 2.45) is 0 Å². The fourth-order valence-corrected chi connectivity index (χ4v) is 3.56. The molecule has 5 nitrogen and oxygen atoms in total. The second-order valence-corrected chi connectivity index (χ2v) is 6.36. The van der Waals surface area contributed by atoms with Crippen LogP contribution in [0.25, 0.3) is 16.6 Å². The minimum Gasteiger partial charge on any atom is -0.508 e. The lowest BCUT2D eigenvalue weighted by Crippen LogP contribution is -2.23. The first-order valence-corrected chi connectivity index (χ1v) is 9.19. The number of benzene rings is 2. The number of ether oxygens (including phenoxy) is 1. The molecule has 3 rings (SSSR count). The van der Waals surface area contributed by atoms with Crippen LogP contribution in [0.4, 0.5) is 8.78 Å². The number of carbonyl (C=O) groups excluding carboxylic acids is 1. The van der Waals surface area contributed by atoms with Crippen LogP contribution in [0.2, 0.25) is 0 Å². The van der Waals surface area contributed by atoms with Gasteiger partial charge in [-0.05, 0) is 43.5 Å². The number of aromatic hydroxyl groups is 1. The maximum absolute atomic E-state index is 13.9. The third-order valence-corrected chi connectivity index (χ3v) is 4.72. The van der Waals surface area contributed by atoms with Crippen molar-refractivity contribution in [2.75, 3.05) is 12.9 Å². The molecule has 27 heavy (non-hydrogen) atoms. The van der Waals surface area contributed by atoms with E-state index >= 15 is 0 Å². The summed E-state index contributed by atoms with van der Waals surface area (Å²) in [5, 5.41) is 9.61. The molecule has 3 aromatic rings. The van der Waals surface area contributed by atoms with Crippen LogP contribution in [0.1, 0.15) is 17.3 Å². The average molecular weight is 391 g/mol. The van der Waals surface area contributed by atoms with Gasteiger partial charge in [-0.1, -0.05) is 0 Å². The summed E-state index contributed by atoms with van der Waals surface area (Å²) in [6, 6.07) is 7.58. The minimum absolute atomic E-state index is 0.0117. The van der Waals surface area contributed by atoms with Crippen LogP contribution < -0.4 is 5.43 Å². The Morgan fingerprint density at radius 1 is 1.19 bits per heavy atom. The fourth-order valence-electron chi connectivity index (χ4n) is 2.79. The highest BCUT2D eigenvalue weighted by Gasteiger charge is 2.25. The van der Waals surface area contributed by atoms with Crippen LogP contribution in [0.3, 0.4) is 0 Å². The first-order chi connectivity index (χ1) is 12.9. The van der Waals surface area contributed by atoms with Gasteiger partial charge >= 0.3 is 5.97 Å². The lowest BCUT2D eigenvalue weighted by atomic mass is 10.1. The zero-order valence-corrected chi connectivity index (χ0v) is 15.3. The van der Waals surface area contributed by atoms with Crippen molar-refractivity contribution in [3.63, 3.8) is 0 Å². The summed E-state index contributed by atoms with van der Waals surface area (Å²) >= 11 is 1.10. The van der Waals surface area contributed by atoms with Gasteiger partial charge in [-0.25, -0.2) is 13.6 Å². The number of thioether (sulfide) groups is 1. The summed E-state index contributed by atoms with van der Waals surface area (Å²) in [5.74, 6) is -3.14. The Kier molecular flexibility index (Phi) is 5.18. The highest BCUT2D eigenvalue weighted by atomic mass is 32.2. The van der Waals surface area contributed by atoms with E-state index < -0.39 is 23.0 Å². The van der Waals surface area contributed by atoms with E-state index in [0.29, 0.717) is 5.69 Å². The van der Waals surface area contributed by atoms with Crippen molar-refractivity contribution in [1.82, 2.24) is 4.57 Å². The van der Waals surface area contributed by atoms with Crippen molar-refractivity contribution in [2.45, 2.75) is 11.9 Å². The van der Waals surface area contributed by atoms with Crippen molar-refractivity contribution < 1.29 is 23.4 Å². The zero-order valence-electron chi connectivity index (χ0n) is 14.5. The summed E-state index contributed by atoms with van der Waals surface area (Å²) in [5.41, 5.74) is -0.432. The van der Waals surface area contributed by atoms with Crippen molar-refractivity contribution in [3.05, 3.63) is 63.8 Å². The Balaban J connectivity index is 2.52. The van der Waals surface area contributed by atoms with Gasteiger partial charge in [0.15, 0.2) is 11.6 Å². The van der Waals surface area contributed by atoms with E-state index in [1.54, 1.807) is 13.2 Å². The van der Waals surface area contributed by atoms with E-state index in [0.717, 1.165) is 23.9 Å². The molecule has 0 aliphatic carbocycles. The van der Waals surface area contributed by atoms with Crippen LogP contribution in [-0.4, -0.2) is 28.5 Å². The van der Waals surface area contributed by atoms with Gasteiger partial charge in [0, 0.05) is 11.8 Å². The molecule has 0 atom stereocenters. The number of rotatable bonds is 4. The molecule has 0 spiro atoms. The largest absolute Gasteiger partial charge is 0.508 e. The molecule has 0 radical (unpaired) electrons. The van der Waals surface area contributed by atoms with Gasteiger partial charge in [-0.3, -0.25) is 4.79 Å². The van der Waals surface area contributed by atoms with Crippen molar-refractivity contribution in [3.8, 4) is 11.4 Å². The predicted octanol–water partition coefficient (Wildman–Crippen LogP) is 3.87. The summed E-state index contributed by atoms with van der Waals surface area (Å²) in [7, 11) is 0. The molecule has 2 aromatic carbocycles. The molecule has 0 aliphatic heterocycles. The Bertz CT molecular complexity index is 1090. The number of esters is 1. The number of halogens is 2. The highest BCUT2D eigenvalue weighted by molar-refractivity contribution is 7.98. The number of pyridine rings is 1. The summed E-state index contributed by atoms with van der Waals surface area (Å²) < 4.78 is 34.2. The second-order valence-electron chi connectivity index (χ2n) is 5.57. The number of nitrogens with zero attached hydrogens (tertiary/aromatic N) is 1. The summed E-state index contributed by atoms with van der Waals surface area (Å²) in [6.07, 6.45) is 1.65. The van der Waals surface area contributed by atoms with Crippen LogP contribution in [0.5, 0.6) is 5.75 Å². The van der Waals surface area contributed by atoms with E-state index in [1.165, 1.54) is 28.8 Å². The molecule has 0 unspecified atom stereocenters. The van der Waals surface area contributed by atoms with Gasteiger partial charge in [-0.2, -0.15) is 0 Å². The number of fused-ring (bicyclic) bond motifs is 1. The van der Waals surface area contributed by atoms with Gasteiger partial charge in [0.2, 0.25) is 5.43 Å². The molecule has 0 saturated heterocycles. The highest BCUT2D eigenvalue weighted by Crippen LogP contribution is 2.30. The lowest BCUT2D eigenvalue weighted by Gasteiger charge is -2.19. The van der Waals surface area contributed by atoms with Crippen molar-refractivity contribution >= 4 is 28.6 Å². The Morgan fingerprint density at radius 2 is 1.81 bits per heavy atom. The normalized spacial score (nSPS) is 11.0. The molecule has 0 saturated carbocycles. The van der Waals surface area contributed by atoms with Crippen LogP contribution >= 0.6 is 11.8 Å². The molecule has 0 bridgehead atoms. The van der Waals surface area contributed by atoms with E-state index in [-0.39, 0.29) is 33.8 Å². The standard InChI is InChI=1S/C19H15F2NO4S/c1-3-26-19(25)16-17(24)12-8-13(20)14(21)9-15(12)22(18(16)27-2)10-4-6-11(23)7-5-10/h4-9,23H,3H2,1-2H3. The first kappa shape index (κ1) is 18.9. The average Bonchev–Trinajstić information content (AvgIpc) is 2.64. The number of phenolic OH excluding ortho intramolecular Hbond substituents is 1. The number of phenols is 1. The summed E-state index contributed by atoms with van der Waals surface area (Å²) in [4.78, 5) is 25.3. The summed E-state index contributed by atoms with van der Waals surface area (Å²) in [6.45, 7) is 1.66. The molecule has 1 N–H and O–H groups in total. The topological polar surface area (TPSA) is 68.5 Å². The molecule has 140 valence electrons. The monoisotopic (exact) mass is 391 g/mol. The van der Waals surface area contributed by atoms with Crippen LogP contribution in [0.15, 0.2) is 46.2 Å². The van der Waals surface area contributed by atoms with E-state index in [9.17, 15) is 23.5 Å². The SMILES string of the molecule is CCOC(=O)c1c(SC)n(-c2ccc(O)cc2)c2cc(F)c(F)cc2c1=O. The van der Waals surface area contributed by atoms with E-state index in [1.807, 2.05) is 0 Å². The number of aromatic nitrogens is 1. The minimum atomic E-state index is -1.19. The third kappa shape index (κ3) is 3.28. The van der Waals surface area contributed by atoms with Gasteiger partial charge < -0.3 is 14.4 Å². The Morgan fingerprint density at radius 3 is 2.41 bits per heavy atom. The Hall–Kier alpha value is -2.87. The predicted molar refractivity (Wildman–Crippen MR) is 98.9 cm³/mol. The van der Waals surface area contributed by atoms with Crippen molar-refractivity contribution in [1.29, 1.82) is 0 Å². The lowest BCUT2D eigenvalue weighted by molar-refractivity contribution is 0.0519. The fraction of sp³-hybridized carbons (Fsp3) is 0.158. The van der Waals surface area contributed by atoms with Gasteiger partial charge in [0.1, 0.15) is 11.3 Å². The molecule has 8 heteroatoms. The molecule has 1 aromatic heterocycles. The molecule has 0 amide bonds. The van der Waals surface area contributed by atoms with Gasteiger partial charge in [0.25, 0.3) is 0 Å². The van der Waals surface area contributed by atoms with Crippen LogP contribution in [0, 0.1) is 11.6 Å². The maximum Gasteiger partial charge on any atom is 0.344 e. The smallest absolute Gasteiger partial charge is 0.344 e. The van der Waals surface area contributed by atoms with E-state index in [2.05, 4.69) is 0 Å². The van der Waals surface area contributed by atoms with Gasteiger partial charge in [0.05, 0.1) is 22.5 Å². The number of hydrogen-bond donors (Lipinski definition) is 1. The third-order valence-electron chi connectivity index (χ3n) is 3.95. The zero-order chi connectivity index (χ0) is 19.7.